The number of benzene rings is 1. The Morgan fingerprint density at radius 2 is 2.11 bits per heavy atom. The lowest BCUT2D eigenvalue weighted by Crippen LogP contribution is -2.06. The summed E-state index contributed by atoms with van der Waals surface area (Å²) in [6.45, 7) is 3.11. The van der Waals surface area contributed by atoms with E-state index in [-0.39, 0.29) is 5.43 Å². The molecule has 2 aromatic rings. The standard InChI is InChI=1S/C14H17NO3/c1-3-6-18-11-4-5-13-12(8-11)14(16)7-10(15-13)9-17-2/h4-5,7-8H,3,6,9H2,1-2H3,(H,15,16). The van der Waals surface area contributed by atoms with Crippen LogP contribution in [0.1, 0.15) is 19.0 Å². The van der Waals surface area contributed by atoms with Crippen LogP contribution in [0.15, 0.2) is 29.1 Å². The van der Waals surface area contributed by atoms with Crippen molar-refractivity contribution >= 4 is 10.9 Å². The number of hydrogen-bond donors (Lipinski definition) is 1. The number of methoxy groups -OCH3 is 1. The van der Waals surface area contributed by atoms with E-state index in [4.69, 9.17) is 9.47 Å². The van der Waals surface area contributed by atoms with Gasteiger partial charge in [0.05, 0.1) is 13.2 Å². The fraction of sp³-hybridized carbons (Fsp3) is 0.357. The highest BCUT2D eigenvalue weighted by Crippen LogP contribution is 2.17. The summed E-state index contributed by atoms with van der Waals surface area (Å²) in [5.74, 6) is 0.731. The van der Waals surface area contributed by atoms with Crippen LogP contribution in [-0.2, 0) is 11.3 Å². The van der Waals surface area contributed by atoms with E-state index in [1.165, 1.54) is 0 Å². The molecular formula is C14H17NO3. The highest BCUT2D eigenvalue weighted by atomic mass is 16.5. The van der Waals surface area contributed by atoms with Gasteiger partial charge in [-0.25, -0.2) is 0 Å². The van der Waals surface area contributed by atoms with Crippen molar-refractivity contribution in [1.82, 2.24) is 4.98 Å². The summed E-state index contributed by atoms with van der Waals surface area (Å²) in [6, 6.07) is 7.07. The van der Waals surface area contributed by atoms with Crippen molar-refractivity contribution in [2.75, 3.05) is 13.7 Å². The number of ether oxygens (including phenoxy) is 2. The average molecular weight is 247 g/mol. The number of fused-ring (bicyclic) bond motifs is 1. The lowest BCUT2D eigenvalue weighted by atomic mass is 10.2. The van der Waals surface area contributed by atoms with Gasteiger partial charge in [-0.1, -0.05) is 6.92 Å². The molecule has 0 unspecified atom stereocenters. The van der Waals surface area contributed by atoms with Crippen LogP contribution in [0, 0.1) is 0 Å². The van der Waals surface area contributed by atoms with Crippen molar-refractivity contribution in [2.45, 2.75) is 20.0 Å². The smallest absolute Gasteiger partial charge is 0.189 e. The van der Waals surface area contributed by atoms with Crippen molar-refractivity contribution in [3.05, 3.63) is 40.2 Å². The number of pyridine rings is 1. The van der Waals surface area contributed by atoms with Crippen molar-refractivity contribution < 1.29 is 9.47 Å². The van der Waals surface area contributed by atoms with Crippen molar-refractivity contribution in [2.24, 2.45) is 0 Å². The van der Waals surface area contributed by atoms with Gasteiger partial charge in [-0.2, -0.15) is 0 Å². The van der Waals surface area contributed by atoms with E-state index in [2.05, 4.69) is 4.98 Å². The Bertz CT molecular complexity index is 589. The summed E-state index contributed by atoms with van der Waals surface area (Å²) in [6.07, 6.45) is 0.946. The summed E-state index contributed by atoms with van der Waals surface area (Å²) in [4.78, 5) is 15.1. The Morgan fingerprint density at radius 1 is 1.28 bits per heavy atom. The monoisotopic (exact) mass is 247 g/mol. The summed E-state index contributed by atoms with van der Waals surface area (Å²) < 4.78 is 10.5. The number of aromatic amines is 1. The first-order chi connectivity index (χ1) is 8.74. The molecule has 1 heterocycles. The molecule has 0 aliphatic carbocycles. The van der Waals surface area contributed by atoms with Crippen LogP contribution in [0.3, 0.4) is 0 Å². The lowest BCUT2D eigenvalue weighted by Gasteiger charge is -2.07. The van der Waals surface area contributed by atoms with E-state index in [1.54, 1.807) is 19.2 Å². The second-order valence-corrected chi connectivity index (χ2v) is 4.15. The van der Waals surface area contributed by atoms with Crippen LogP contribution >= 0.6 is 0 Å². The zero-order valence-corrected chi connectivity index (χ0v) is 10.7. The van der Waals surface area contributed by atoms with E-state index in [0.717, 1.165) is 23.4 Å². The molecule has 2 rings (SSSR count). The van der Waals surface area contributed by atoms with Crippen LogP contribution in [0.2, 0.25) is 0 Å². The third kappa shape index (κ3) is 2.71. The zero-order chi connectivity index (χ0) is 13.0. The first-order valence-electron chi connectivity index (χ1n) is 6.02. The topological polar surface area (TPSA) is 51.3 Å². The SMILES string of the molecule is CCCOc1ccc2[nH]c(COC)cc(=O)c2c1. The van der Waals surface area contributed by atoms with Gasteiger partial charge in [0.1, 0.15) is 5.75 Å². The maximum absolute atomic E-state index is 12.0. The zero-order valence-electron chi connectivity index (χ0n) is 10.7. The molecule has 96 valence electrons. The lowest BCUT2D eigenvalue weighted by molar-refractivity contribution is 0.181. The Labute approximate surface area is 106 Å². The molecule has 18 heavy (non-hydrogen) atoms. The average Bonchev–Trinajstić information content (AvgIpc) is 2.37. The molecule has 0 saturated carbocycles. The molecule has 0 aliphatic heterocycles. The molecule has 0 aliphatic rings. The minimum Gasteiger partial charge on any atom is -0.494 e. The van der Waals surface area contributed by atoms with Gasteiger partial charge in [0.25, 0.3) is 0 Å². The molecule has 0 fully saturated rings. The third-order valence-corrected chi connectivity index (χ3v) is 2.63. The normalized spacial score (nSPS) is 10.8. The van der Waals surface area contributed by atoms with Gasteiger partial charge in [0, 0.05) is 29.8 Å². The van der Waals surface area contributed by atoms with Gasteiger partial charge >= 0.3 is 0 Å². The molecule has 1 aromatic heterocycles. The van der Waals surface area contributed by atoms with Gasteiger partial charge in [-0.05, 0) is 24.6 Å². The second kappa shape index (κ2) is 5.69. The van der Waals surface area contributed by atoms with Crippen LogP contribution in [0.4, 0.5) is 0 Å². The predicted octanol–water partition coefficient (Wildman–Crippen LogP) is 2.46. The van der Waals surface area contributed by atoms with Gasteiger partial charge in [-0.15, -0.1) is 0 Å². The number of hydrogen-bond acceptors (Lipinski definition) is 3. The van der Waals surface area contributed by atoms with Crippen LogP contribution in [0.5, 0.6) is 5.75 Å². The van der Waals surface area contributed by atoms with Gasteiger partial charge in [0.15, 0.2) is 5.43 Å². The summed E-state index contributed by atoms with van der Waals surface area (Å²) >= 11 is 0. The van der Waals surface area contributed by atoms with E-state index in [1.807, 2.05) is 19.1 Å². The molecule has 0 bridgehead atoms. The molecule has 1 aromatic carbocycles. The molecule has 1 N–H and O–H groups in total. The number of rotatable bonds is 5. The minimum atomic E-state index is -0.0160. The van der Waals surface area contributed by atoms with Gasteiger partial charge in [0.2, 0.25) is 0 Å². The second-order valence-electron chi connectivity index (χ2n) is 4.15. The van der Waals surface area contributed by atoms with Crippen molar-refractivity contribution in [1.29, 1.82) is 0 Å². The number of H-pyrrole nitrogens is 1. The van der Waals surface area contributed by atoms with Crippen LogP contribution in [0.25, 0.3) is 10.9 Å². The quantitative estimate of drug-likeness (QED) is 0.883. The fourth-order valence-corrected chi connectivity index (χ4v) is 1.82. The van der Waals surface area contributed by atoms with Gasteiger partial charge < -0.3 is 14.5 Å². The molecule has 4 nitrogen and oxygen atoms in total. The Kier molecular flexibility index (Phi) is 3.99. The summed E-state index contributed by atoms with van der Waals surface area (Å²) in [5, 5.41) is 0.642. The molecule has 0 spiro atoms. The molecular weight excluding hydrogens is 230 g/mol. The Hall–Kier alpha value is -1.81. The Balaban J connectivity index is 2.41. The van der Waals surface area contributed by atoms with E-state index in [9.17, 15) is 4.79 Å². The predicted molar refractivity (Wildman–Crippen MR) is 71.1 cm³/mol. The first-order valence-corrected chi connectivity index (χ1v) is 6.02. The molecule has 0 saturated heterocycles. The molecule has 0 radical (unpaired) electrons. The number of nitrogens with one attached hydrogen (secondary N) is 1. The van der Waals surface area contributed by atoms with Crippen molar-refractivity contribution in [3.63, 3.8) is 0 Å². The van der Waals surface area contributed by atoms with Crippen LogP contribution < -0.4 is 10.2 Å². The summed E-state index contributed by atoms with van der Waals surface area (Å²) in [7, 11) is 1.60. The third-order valence-electron chi connectivity index (χ3n) is 2.63. The van der Waals surface area contributed by atoms with E-state index >= 15 is 0 Å². The van der Waals surface area contributed by atoms with E-state index < -0.39 is 0 Å². The molecule has 0 atom stereocenters. The minimum absolute atomic E-state index is 0.0160. The van der Waals surface area contributed by atoms with Gasteiger partial charge in [-0.3, -0.25) is 4.79 Å². The highest BCUT2D eigenvalue weighted by Gasteiger charge is 2.04. The highest BCUT2D eigenvalue weighted by molar-refractivity contribution is 5.80. The molecule has 0 amide bonds. The number of aromatic nitrogens is 1. The maximum Gasteiger partial charge on any atom is 0.189 e. The van der Waals surface area contributed by atoms with E-state index in [0.29, 0.717) is 18.6 Å². The Morgan fingerprint density at radius 3 is 2.83 bits per heavy atom. The van der Waals surface area contributed by atoms with Crippen molar-refractivity contribution in [3.8, 4) is 5.75 Å². The largest absolute Gasteiger partial charge is 0.494 e. The summed E-state index contributed by atoms with van der Waals surface area (Å²) in [5.41, 5.74) is 1.56. The fourth-order valence-electron chi connectivity index (χ4n) is 1.82. The maximum atomic E-state index is 12.0. The molecule has 4 heteroatoms. The van der Waals surface area contributed by atoms with Crippen LogP contribution in [-0.4, -0.2) is 18.7 Å². The first kappa shape index (κ1) is 12.6.